The predicted molar refractivity (Wildman–Crippen MR) is 217 cm³/mol. The Morgan fingerprint density at radius 1 is 0.571 bits per heavy atom. The lowest BCUT2D eigenvalue weighted by molar-refractivity contribution is -0.144. The number of aliphatic imine (C=N–C) groups is 3. The first-order valence-electron chi connectivity index (χ1n) is 19.7. The fourth-order valence-corrected chi connectivity index (χ4v) is 7.43. The highest BCUT2D eigenvalue weighted by Crippen LogP contribution is 2.36. The van der Waals surface area contributed by atoms with E-state index in [4.69, 9.17) is 33.9 Å². The molecule has 1 atom stereocenters. The molecule has 1 aromatic rings. The maximum Gasteiger partial charge on any atom is 0.306 e. The minimum absolute atomic E-state index is 0.192. The minimum Gasteiger partial charge on any atom is -0.466 e. The Hall–Kier alpha value is -5.39. The molecule has 0 saturated heterocycles. The van der Waals surface area contributed by atoms with E-state index in [2.05, 4.69) is 4.98 Å². The van der Waals surface area contributed by atoms with E-state index in [9.17, 15) is 19.2 Å². The summed E-state index contributed by atoms with van der Waals surface area (Å²) in [7, 11) is 0. The summed E-state index contributed by atoms with van der Waals surface area (Å²) in [5.74, 6) is -1.12. The van der Waals surface area contributed by atoms with E-state index < -0.39 is 6.04 Å². The minimum atomic E-state index is -0.415. The molecule has 56 heavy (non-hydrogen) atoms. The molecule has 5 rings (SSSR count). The molecule has 0 aromatic carbocycles. The lowest BCUT2D eigenvalue weighted by Gasteiger charge is -2.11. The summed E-state index contributed by atoms with van der Waals surface area (Å²) >= 11 is 0. The van der Waals surface area contributed by atoms with Gasteiger partial charge in [0.1, 0.15) is 0 Å². The third-order valence-electron chi connectivity index (χ3n) is 10.4. The molecule has 0 radical (unpaired) electrons. The van der Waals surface area contributed by atoms with Gasteiger partial charge in [-0.1, -0.05) is 0 Å². The van der Waals surface area contributed by atoms with Crippen molar-refractivity contribution in [2.45, 2.75) is 113 Å². The number of ether oxygens (including phenoxy) is 4. The first-order valence-corrected chi connectivity index (χ1v) is 19.7. The van der Waals surface area contributed by atoms with Crippen LogP contribution in [0.1, 0.15) is 105 Å². The molecule has 4 aliphatic rings. The number of carbonyl (C=O) groups is 4. The predicted octanol–water partition coefficient (Wildman–Crippen LogP) is 5.87. The number of rotatable bonds is 16. The second kappa shape index (κ2) is 19.0. The van der Waals surface area contributed by atoms with Crippen molar-refractivity contribution < 1.29 is 38.1 Å². The number of nitrogens with one attached hydrogen (secondary N) is 1. The van der Waals surface area contributed by atoms with Crippen LogP contribution in [0.5, 0.6) is 0 Å². The normalized spacial score (nSPS) is 20.5. The SMILES string of the molecule is CCOC(=O)CCC1=C(C)/C2=C/C3N=C(/C=C4N=C(/C=c5\[nH]/c(c(C)c5CCC(=O)OCC)=C\C1=N2)C(C)=C\4CCC(=O)OCC)C(C)=C3CCC(=O)OCC. The van der Waals surface area contributed by atoms with Gasteiger partial charge in [0.15, 0.2) is 0 Å². The van der Waals surface area contributed by atoms with Crippen molar-refractivity contribution in [3.63, 3.8) is 0 Å². The fourth-order valence-electron chi connectivity index (χ4n) is 7.43. The van der Waals surface area contributed by atoms with Crippen LogP contribution in [0.2, 0.25) is 0 Å². The van der Waals surface area contributed by atoms with Crippen LogP contribution in [-0.4, -0.2) is 78.5 Å². The zero-order valence-electron chi connectivity index (χ0n) is 34.0. The van der Waals surface area contributed by atoms with Gasteiger partial charge in [-0.15, -0.1) is 0 Å². The van der Waals surface area contributed by atoms with E-state index >= 15 is 0 Å². The Labute approximate surface area is 328 Å². The van der Waals surface area contributed by atoms with Gasteiger partial charge in [-0.05, 0) is 150 Å². The Kier molecular flexibility index (Phi) is 14.1. The molecular weight excluding hydrogens is 713 g/mol. The molecular formula is C44H54N4O8. The Morgan fingerprint density at radius 2 is 1.09 bits per heavy atom. The van der Waals surface area contributed by atoms with Crippen molar-refractivity contribution in [3.05, 3.63) is 78.8 Å². The summed E-state index contributed by atoms with van der Waals surface area (Å²) in [5.41, 5.74) is 11.1. The summed E-state index contributed by atoms with van der Waals surface area (Å²) in [5, 5.41) is 1.61. The Bertz CT molecular complexity index is 2170. The van der Waals surface area contributed by atoms with Crippen molar-refractivity contribution in [3.8, 4) is 0 Å². The second-order valence-corrected chi connectivity index (χ2v) is 14.0. The monoisotopic (exact) mass is 766 g/mol. The van der Waals surface area contributed by atoms with E-state index in [1.165, 1.54) is 0 Å². The molecule has 8 bridgehead atoms. The van der Waals surface area contributed by atoms with Crippen LogP contribution < -0.4 is 10.7 Å². The molecule has 0 aliphatic carbocycles. The van der Waals surface area contributed by atoms with E-state index in [-0.39, 0.29) is 49.6 Å². The number of esters is 4. The van der Waals surface area contributed by atoms with Crippen LogP contribution in [0, 0.1) is 6.92 Å². The number of nitrogens with zero attached hydrogens (tertiary/aromatic N) is 3. The molecule has 12 heteroatoms. The molecule has 0 fully saturated rings. The molecule has 1 aromatic heterocycles. The van der Waals surface area contributed by atoms with Crippen LogP contribution in [0.15, 0.2) is 72.0 Å². The maximum absolute atomic E-state index is 12.6. The topological polar surface area (TPSA) is 158 Å². The molecule has 0 amide bonds. The van der Waals surface area contributed by atoms with Crippen molar-refractivity contribution in [2.24, 2.45) is 15.0 Å². The van der Waals surface area contributed by atoms with E-state index in [1.54, 1.807) is 27.7 Å². The highest BCUT2D eigenvalue weighted by molar-refractivity contribution is 6.25. The van der Waals surface area contributed by atoms with Crippen LogP contribution in [-0.2, 0) is 44.5 Å². The van der Waals surface area contributed by atoms with E-state index in [1.807, 2.05) is 52.0 Å². The standard InChI is InChI=1S/C44H54N4O8/c1-9-53-41(49)17-13-29-25(5)33-22-38-31(15-19-43(51)55-11-3)27(7)35(47-38)24-40-32(16-20-44(52)56-12-4)28(8)36(48-40)23-39-30(14-18-42(50)54-10-2)26(6)34(46-39)21-37(29)45-33/h21-24,37,48H,9-20H2,1-8H3/b34-21-,36-23-,38-22-,40-24-. The molecule has 0 saturated carbocycles. The van der Waals surface area contributed by atoms with Crippen LogP contribution in [0.25, 0.3) is 12.2 Å². The summed E-state index contributed by atoms with van der Waals surface area (Å²) in [6.45, 7) is 16.4. The smallest absolute Gasteiger partial charge is 0.306 e. The first kappa shape index (κ1) is 41.8. The maximum atomic E-state index is 12.6. The lowest BCUT2D eigenvalue weighted by Crippen LogP contribution is -2.17. The third kappa shape index (κ3) is 9.69. The van der Waals surface area contributed by atoms with E-state index in [0.29, 0.717) is 63.5 Å². The van der Waals surface area contributed by atoms with E-state index in [0.717, 1.165) is 72.4 Å². The Morgan fingerprint density at radius 3 is 1.68 bits per heavy atom. The number of H-pyrrole nitrogens is 1. The highest BCUT2D eigenvalue weighted by atomic mass is 16.5. The molecule has 4 aliphatic heterocycles. The number of hydrogen-bond acceptors (Lipinski definition) is 11. The van der Waals surface area contributed by atoms with Gasteiger partial charge >= 0.3 is 23.9 Å². The fraction of sp³-hybridized carbons (Fsp3) is 0.477. The molecule has 0 spiro atoms. The number of carbonyl (C=O) groups excluding carboxylic acids is 4. The first-order chi connectivity index (χ1) is 26.9. The highest BCUT2D eigenvalue weighted by Gasteiger charge is 2.29. The molecule has 1 N–H and O–H groups in total. The largest absolute Gasteiger partial charge is 0.466 e. The van der Waals surface area contributed by atoms with Crippen molar-refractivity contribution in [1.29, 1.82) is 0 Å². The average molecular weight is 767 g/mol. The van der Waals surface area contributed by atoms with Crippen LogP contribution in [0.3, 0.4) is 0 Å². The molecule has 12 nitrogen and oxygen atoms in total. The van der Waals surface area contributed by atoms with Crippen molar-refractivity contribution in [1.82, 2.24) is 4.98 Å². The van der Waals surface area contributed by atoms with Gasteiger partial charge in [0.05, 0.1) is 61.0 Å². The van der Waals surface area contributed by atoms with Gasteiger partial charge in [0.25, 0.3) is 0 Å². The van der Waals surface area contributed by atoms with Crippen LogP contribution >= 0.6 is 0 Å². The number of allylic oxidation sites excluding steroid dienone is 6. The zero-order valence-corrected chi connectivity index (χ0v) is 34.0. The summed E-state index contributed by atoms with van der Waals surface area (Å²) in [4.78, 5) is 69.3. The van der Waals surface area contributed by atoms with Crippen molar-refractivity contribution >= 4 is 53.2 Å². The number of aromatic amines is 1. The molecule has 5 heterocycles. The van der Waals surface area contributed by atoms with Gasteiger partial charge in [0, 0.05) is 36.4 Å². The summed E-state index contributed by atoms with van der Waals surface area (Å²) in [6, 6.07) is -0.415. The molecule has 1 unspecified atom stereocenters. The third-order valence-corrected chi connectivity index (χ3v) is 10.4. The average Bonchev–Trinajstić information content (AvgIpc) is 3.81. The van der Waals surface area contributed by atoms with Gasteiger partial charge in [-0.2, -0.15) is 0 Å². The lowest BCUT2D eigenvalue weighted by atomic mass is 9.95. The van der Waals surface area contributed by atoms with Gasteiger partial charge in [-0.25, -0.2) is 9.98 Å². The van der Waals surface area contributed by atoms with Gasteiger partial charge < -0.3 is 23.9 Å². The van der Waals surface area contributed by atoms with Crippen molar-refractivity contribution in [2.75, 3.05) is 26.4 Å². The zero-order chi connectivity index (χ0) is 40.5. The van der Waals surface area contributed by atoms with Crippen LogP contribution in [0.4, 0.5) is 0 Å². The quantitative estimate of drug-likeness (QED) is 0.162. The van der Waals surface area contributed by atoms with Gasteiger partial charge in [0.2, 0.25) is 0 Å². The number of hydrogen-bond donors (Lipinski definition) is 1. The number of fused-ring (bicyclic) bond motifs is 5. The second-order valence-electron chi connectivity index (χ2n) is 14.0. The molecule has 298 valence electrons. The Balaban J connectivity index is 1.74. The summed E-state index contributed by atoms with van der Waals surface area (Å²) in [6.07, 6.45) is 10.5. The number of aromatic nitrogens is 1. The summed E-state index contributed by atoms with van der Waals surface area (Å²) < 4.78 is 21.1. The van der Waals surface area contributed by atoms with Gasteiger partial charge in [-0.3, -0.25) is 24.2 Å².